The maximum Gasteiger partial charge on any atom is 0.419 e. The number of urea groups is 1. The molecule has 2 aromatic rings. The van der Waals surface area contributed by atoms with E-state index in [4.69, 9.17) is 11.6 Å². The SMILES string of the molecule is C[C@@H]1CN(c2ncc(C(F)(F)F)cn2)[C@@H](C)CN1C(=O)NC1CCN(Cc2ccc(Cl)cc2)CC1. The Labute approximate surface area is 208 Å². The number of nitrogens with zero attached hydrogens (tertiary/aromatic N) is 5. The molecule has 3 heterocycles. The zero-order chi connectivity index (χ0) is 25.2. The predicted octanol–water partition coefficient (Wildman–Crippen LogP) is 4.42. The Morgan fingerprint density at radius 3 is 2.29 bits per heavy atom. The summed E-state index contributed by atoms with van der Waals surface area (Å²) in [5.74, 6) is 0.241. The second kappa shape index (κ2) is 10.6. The van der Waals surface area contributed by atoms with Gasteiger partial charge in [0.1, 0.15) is 0 Å². The smallest absolute Gasteiger partial charge is 0.335 e. The number of carbonyl (C=O) groups is 1. The summed E-state index contributed by atoms with van der Waals surface area (Å²) in [6, 6.07) is 7.61. The summed E-state index contributed by atoms with van der Waals surface area (Å²) in [5, 5.41) is 3.91. The molecule has 4 rings (SSSR count). The zero-order valence-electron chi connectivity index (χ0n) is 19.8. The monoisotopic (exact) mass is 510 g/mol. The van der Waals surface area contributed by atoms with Crippen molar-refractivity contribution in [3.05, 3.63) is 52.8 Å². The first-order valence-corrected chi connectivity index (χ1v) is 12.2. The second-order valence-corrected chi connectivity index (χ2v) is 9.84. The van der Waals surface area contributed by atoms with Gasteiger partial charge in [-0.2, -0.15) is 13.2 Å². The molecule has 35 heavy (non-hydrogen) atoms. The van der Waals surface area contributed by atoms with Crippen LogP contribution in [0.3, 0.4) is 0 Å². The van der Waals surface area contributed by atoms with Crippen LogP contribution < -0.4 is 10.2 Å². The lowest BCUT2D eigenvalue weighted by atomic mass is 10.0. The topological polar surface area (TPSA) is 64.6 Å². The molecular weight excluding hydrogens is 481 g/mol. The molecule has 0 bridgehead atoms. The molecule has 2 saturated heterocycles. The van der Waals surface area contributed by atoms with Gasteiger partial charge in [0.05, 0.1) is 5.56 Å². The predicted molar refractivity (Wildman–Crippen MR) is 128 cm³/mol. The fraction of sp³-hybridized carbons (Fsp3) is 0.542. The van der Waals surface area contributed by atoms with Crippen molar-refractivity contribution in [3.8, 4) is 0 Å². The summed E-state index contributed by atoms with van der Waals surface area (Å²) >= 11 is 5.96. The van der Waals surface area contributed by atoms with Crippen molar-refractivity contribution in [3.63, 3.8) is 0 Å². The number of benzene rings is 1. The van der Waals surface area contributed by atoms with Crippen molar-refractivity contribution in [1.29, 1.82) is 0 Å². The van der Waals surface area contributed by atoms with Gasteiger partial charge in [0, 0.05) is 68.3 Å². The van der Waals surface area contributed by atoms with Crippen molar-refractivity contribution in [2.24, 2.45) is 0 Å². The first kappa shape index (κ1) is 25.5. The van der Waals surface area contributed by atoms with E-state index >= 15 is 0 Å². The van der Waals surface area contributed by atoms with Crippen LogP contribution in [0.4, 0.5) is 23.9 Å². The molecular formula is C24H30ClF3N6O. The number of halogens is 4. The first-order chi connectivity index (χ1) is 16.6. The lowest BCUT2D eigenvalue weighted by Crippen LogP contribution is -2.61. The van der Waals surface area contributed by atoms with E-state index in [-0.39, 0.29) is 30.1 Å². The fourth-order valence-corrected chi connectivity index (χ4v) is 4.77. The Balaban J connectivity index is 1.27. The van der Waals surface area contributed by atoms with E-state index in [1.54, 1.807) is 4.90 Å². The van der Waals surface area contributed by atoms with Crippen LogP contribution in [0.15, 0.2) is 36.7 Å². The maximum absolute atomic E-state index is 13.0. The molecule has 7 nitrogen and oxygen atoms in total. The molecule has 1 aromatic heterocycles. The standard InChI is InChI=1S/C24H30ClF3N6O/c1-16-14-34(17(2)13-33(16)22-29-11-19(12-30-22)24(26,27)28)23(35)31-21-7-9-32(10-8-21)15-18-3-5-20(25)6-4-18/h3-6,11-12,16-17,21H,7-10,13-15H2,1-2H3,(H,31,35)/t16-,17+/m0/s1. The van der Waals surface area contributed by atoms with E-state index in [1.165, 1.54) is 5.56 Å². The summed E-state index contributed by atoms with van der Waals surface area (Å²) in [6.45, 7) is 7.39. The van der Waals surface area contributed by atoms with Crippen molar-refractivity contribution < 1.29 is 18.0 Å². The molecule has 2 atom stereocenters. The van der Waals surface area contributed by atoms with Gasteiger partial charge in [-0.05, 0) is 44.4 Å². The van der Waals surface area contributed by atoms with Crippen LogP contribution in [-0.2, 0) is 12.7 Å². The third kappa shape index (κ3) is 6.35. The average molecular weight is 511 g/mol. The Hall–Kier alpha value is -2.59. The van der Waals surface area contributed by atoms with Gasteiger partial charge in [0.2, 0.25) is 5.95 Å². The molecule has 2 fully saturated rings. The lowest BCUT2D eigenvalue weighted by Gasteiger charge is -2.44. The molecule has 11 heteroatoms. The number of likely N-dealkylation sites (tertiary alicyclic amines) is 1. The third-order valence-electron chi connectivity index (χ3n) is 6.70. The second-order valence-electron chi connectivity index (χ2n) is 9.40. The van der Waals surface area contributed by atoms with E-state index < -0.39 is 11.7 Å². The number of nitrogens with one attached hydrogen (secondary N) is 1. The Morgan fingerprint density at radius 1 is 1.06 bits per heavy atom. The third-order valence-corrected chi connectivity index (χ3v) is 6.96. The Kier molecular flexibility index (Phi) is 7.70. The number of piperazine rings is 1. The largest absolute Gasteiger partial charge is 0.419 e. The Bertz CT molecular complexity index is 996. The van der Waals surface area contributed by atoms with Crippen LogP contribution in [-0.4, -0.2) is 70.1 Å². The van der Waals surface area contributed by atoms with Crippen LogP contribution in [0.1, 0.15) is 37.8 Å². The maximum atomic E-state index is 13.0. The van der Waals surface area contributed by atoms with Crippen LogP contribution in [0, 0.1) is 0 Å². The van der Waals surface area contributed by atoms with Gasteiger partial charge < -0.3 is 15.1 Å². The van der Waals surface area contributed by atoms with Gasteiger partial charge in [-0.15, -0.1) is 0 Å². The van der Waals surface area contributed by atoms with Crippen molar-refractivity contribution in [1.82, 2.24) is 25.1 Å². The molecule has 2 amide bonds. The highest BCUT2D eigenvalue weighted by molar-refractivity contribution is 6.30. The van der Waals surface area contributed by atoms with Gasteiger partial charge in [0.25, 0.3) is 0 Å². The first-order valence-electron chi connectivity index (χ1n) is 11.8. The minimum atomic E-state index is -4.47. The zero-order valence-corrected chi connectivity index (χ0v) is 20.6. The highest BCUT2D eigenvalue weighted by atomic mass is 35.5. The van der Waals surface area contributed by atoms with Gasteiger partial charge in [0.15, 0.2) is 0 Å². The summed E-state index contributed by atoms with van der Waals surface area (Å²) in [6.07, 6.45) is -1.11. The van der Waals surface area contributed by atoms with E-state index in [0.717, 1.165) is 49.9 Å². The minimum absolute atomic E-state index is 0.103. The quantitative estimate of drug-likeness (QED) is 0.659. The minimum Gasteiger partial charge on any atom is -0.335 e. The molecule has 2 aliphatic rings. The highest BCUT2D eigenvalue weighted by Crippen LogP contribution is 2.29. The number of alkyl halides is 3. The lowest BCUT2D eigenvalue weighted by molar-refractivity contribution is -0.138. The molecule has 0 unspecified atom stereocenters. The van der Waals surface area contributed by atoms with Crippen LogP contribution in [0.5, 0.6) is 0 Å². The molecule has 1 N–H and O–H groups in total. The summed E-state index contributed by atoms with van der Waals surface area (Å²) in [4.78, 5) is 26.9. The van der Waals surface area contributed by atoms with Crippen molar-refractivity contribution >= 4 is 23.6 Å². The number of anilines is 1. The molecule has 0 saturated carbocycles. The van der Waals surface area contributed by atoms with Crippen LogP contribution >= 0.6 is 11.6 Å². The number of hydrogen-bond donors (Lipinski definition) is 1. The van der Waals surface area contributed by atoms with Crippen molar-refractivity contribution in [2.75, 3.05) is 31.1 Å². The van der Waals surface area contributed by atoms with Gasteiger partial charge in [-0.1, -0.05) is 23.7 Å². The molecule has 0 radical (unpaired) electrons. The molecule has 0 aliphatic carbocycles. The number of piperidine rings is 1. The fourth-order valence-electron chi connectivity index (χ4n) is 4.65. The van der Waals surface area contributed by atoms with E-state index in [2.05, 4.69) is 20.2 Å². The van der Waals surface area contributed by atoms with E-state index in [0.29, 0.717) is 13.1 Å². The normalized spacial score (nSPS) is 22.3. The molecule has 1 aromatic carbocycles. The highest BCUT2D eigenvalue weighted by Gasteiger charge is 2.36. The van der Waals surface area contributed by atoms with E-state index in [1.807, 2.05) is 43.0 Å². The van der Waals surface area contributed by atoms with Gasteiger partial charge in [-0.3, -0.25) is 4.90 Å². The summed E-state index contributed by atoms with van der Waals surface area (Å²) in [7, 11) is 0. The average Bonchev–Trinajstić information content (AvgIpc) is 2.82. The van der Waals surface area contributed by atoms with Crippen LogP contribution in [0.25, 0.3) is 0 Å². The van der Waals surface area contributed by atoms with Crippen LogP contribution in [0.2, 0.25) is 5.02 Å². The number of rotatable bonds is 4. The summed E-state index contributed by atoms with van der Waals surface area (Å²) in [5.41, 5.74) is 0.341. The van der Waals surface area contributed by atoms with Crippen molar-refractivity contribution in [2.45, 2.75) is 57.5 Å². The number of aromatic nitrogens is 2. The number of amides is 2. The molecule has 190 valence electrons. The summed E-state index contributed by atoms with van der Waals surface area (Å²) < 4.78 is 38.4. The molecule has 0 spiro atoms. The number of carbonyl (C=O) groups excluding carboxylic acids is 1. The van der Waals surface area contributed by atoms with Gasteiger partial charge in [-0.25, -0.2) is 14.8 Å². The molecule has 2 aliphatic heterocycles. The van der Waals surface area contributed by atoms with E-state index in [9.17, 15) is 18.0 Å². The number of hydrogen-bond acceptors (Lipinski definition) is 5. The van der Waals surface area contributed by atoms with Gasteiger partial charge >= 0.3 is 12.2 Å². The Morgan fingerprint density at radius 2 is 1.69 bits per heavy atom.